The standard InChI is InChI=1S/C8H12O3/c1-5(2)6-7(10)11-8(6,3)4-9/h6,9H,1,4H2,2-3H3. The predicted molar refractivity (Wildman–Crippen MR) is 39.9 cm³/mol. The minimum Gasteiger partial charge on any atom is -0.455 e. The van der Waals surface area contributed by atoms with E-state index in [0.29, 0.717) is 0 Å². The largest absolute Gasteiger partial charge is 0.455 e. The molecule has 0 amide bonds. The van der Waals surface area contributed by atoms with E-state index in [1.54, 1.807) is 13.8 Å². The van der Waals surface area contributed by atoms with Crippen LogP contribution in [0.2, 0.25) is 0 Å². The minimum absolute atomic E-state index is 0.143. The molecule has 1 heterocycles. The SMILES string of the molecule is C=C(C)C1C(=O)OC1(C)CO. The number of cyclic esters (lactones) is 1. The second-order valence-electron chi connectivity index (χ2n) is 3.17. The summed E-state index contributed by atoms with van der Waals surface area (Å²) in [5, 5.41) is 8.86. The smallest absolute Gasteiger partial charge is 0.317 e. The van der Waals surface area contributed by atoms with Gasteiger partial charge in [-0.15, -0.1) is 0 Å². The van der Waals surface area contributed by atoms with Crippen LogP contribution in [-0.2, 0) is 9.53 Å². The summed E-state index contributed by atoms with van der Waals surface area (Å²) < 4.78 is 4.80. The molecule has 0 bridgehead atoms. The molecule has 0 radical (unpaired) electrons. The van der Waals surface area contributed by atoms with E-state index in [9.17, 15) is 4.79 Å². The van der Waals surface area contributed by atoms with Gasteiger partial charge < -0.3 is 9.84 Å². The summed E-state index contributed by atoms with van der Waals surface area (Å²) in [5.41, 5.74) is 0.0286. The van der Waals surface area contributed by atoms with Crippen molar-refractivity contribution in [1.82, 2.24) is 0 Å². The van der Waals surface area contributed by atoms with Gasteiger partial charge >= 0.3 is 5.97 Å². The van der Waals surface area contributed by atoms with Gasteiger partial charge in [-0.25, -0.2) is 0 Å². The fraction of sp³-hybridized carbons (Fsp3) is 0.625. The van der Waals surface area contributed by atoms with Gasteiger partial charge in [-0.1, -0.05) is 12.2 Å². The molecule has 1 fully saturated rings. The lowest BCUT2D eigenvalue weighted by Crippen LogP contribution is -2.58. The maximum atomic E-state index is 10.9. The Hall–Kier alpha value is -0.830. The normalized spacial score (nSPS) is 35.9. The lowest BCUT2D eigenvalue weighted by atomic mass is 9.80. The van der Waals surface area contributed by atoms with Gasteiger partial charge in [0, 0.05) is 0 Å². The van der Waals surface area contributed by atoms with Crippen LogP contribution in [0, 0.1) is 5.92 Å². The van der Waals surface area contributed by atoms with Gasteiger partial charge in [0.05, 0.1) is 6.61 Å². The summed E-state index contributed by atoms with van der Waals surface area (Å²) in [6, 6.07) is 0. The number of carbonyl (C=O) groups excluding carboxylic acids is 1. The summed E-state index contributed by atoms with van der Waals surface area (Å²) in [7, 11) is 0. The molecule has 1 rings (SSSR count). The molecule has 0 spiro atoms. The quantitative estimate of drug-likeness (QED) is 0.467. The topological polar surface area (TPSA) is 46.5 Å². The zero-order valence-electron chi connectivity index (χ0n) is 6.76. The Morgan fingerprint density at radius 3 is 2.64 bits per heavy atom. The Morgan fingerprint density at radius 2 is 2.45 bits per heavy atom. The Labute approximate surface area is 65.7 Å². The van der Waals surface area contributed by atoms with Crippen LogP contribution < -0.4 is 0 Å². The van der Waals surface area contributed by atoms with E-state index in [0.717, 1.165) is 5.57 Å². The number of carbonyl (C=O) groups is 1. The first-order valence-electron chi connectivity index (χ1n) is 3.50. The van der Waals surface area contributed by atoms with Crippen molar-refractivity contribution < 1.29 is 14.6 Å². The molecule has 0 aromatic heterocycles. The van der Waals surface area contributed by atoms with Gasteiger partial charge in [0.2, 0.25) is 0 Å². The highest BCUT2D eigenvalue weighted by molar-refractivity contribution is 5.83. The molecule has 1 saturated heterocycles. The van der Waals surface area contributed by atoms with Crippen LogP contribution in [-0.4, -0.2) is 23.3 Å². The number of hydrogen-bond donors (Lipinski definition) is 1. The average Bonchev–Trinajstić information content (AvgIpc) is 1.84. The van der Waals surface area contributed by atoms with Crippen molar-refractivity contribution >= 4 is 5.97 Å². The molecule has 1 aliphatic rings. The summed E-state index contributed by atoms with van der Waals surface area (Å²) in [5.74, 6) is -0.610. The van der Waals surface area contributed by atoms with Crippen molar-refractivity contribution in [2.45, 2.75) is 19.4 Å². The number of aliphatic hydroxyl groups excluding tert-OH is 1. The molecule has 0 aromatic rings. The molecule has 2 unspecified atom stereocenters. The Balaban J connectivity index is 2.76. The first-order chi connectivity index (χ1) is 5.01. The van der Waals surface area contributed by atoms with E-state index in [4.69, 9.17) is 9.84 Å². The molecule has 62 valence electrons. The minimum atomic E-state index is -0.719. The van der Waals surface area contributed by atoms with E-state index < -0.39 is 5.60 Å². The van der Waals surface area contributed by atoms with Crippen LogP contribution in [0.5, 0.6) is 0 Å². The third-order valence-corrected chi connectivity index (χ3v) is 1.99. The lowest BCUT2D eigenvalue weighted by molar-refractivity contribution is -0.210. The van der Waals surface area contributed by atoms with E-state index in [1.165, 1.54) is 0 Å². The number of hydrogen-bond acceptors (Lipinski definition) is 3. The van der Waals surface area contributed by atoms with Crippen LogP contribution in [0.3, 0.4) is 0 Å². The van der Waals surface area contributed by atoms with E-state index in [2.05, 4.69) is 6.58 Å². The lowest BCUT2D eigenvalue weighted by Gasteiger charge is -2.44. The number of ether oxygens (including phenoxy) is 1. The van der Waals surface area contributed by atoms with E-state index in [-0.39, 0.29) is 18.5 Å². The monoisotopic (exact) mass is 156 g/mol. The summed E-state index contributed by atoms with van der Waals surface area (Å²) in [6.07, 6.45) is 0. The Kier molecular flexibility index (Phi) is 1.76. The predicted octanol–water partition coefficient (Wildman–Crippen LogP) is 0.486. The van der Waals surface area contributed by atoms with Crippen molar-refractivity contribution in [2.24, 2.45) is 5.92 Å². The van der Waals surface area contributed by atoms with Crippen LogP contribution in [0.15, 0.2) is 12.2 Å². The van der Waals surface area contributed by atoms with Gasteiger partial charge in [-0.05, 0) is 13.8 Å². The molecule has 11 heavy (non-hydrogen) atoms. The Bertz CT molecular complexity index is 201. The molecular formula is C8H12O3. The average molecular weight is 156 g/mol. The van der Waals surface area contributed by atoms with Gasteiger partial charge in [0.25, 0.3) is 0 Å². The van der Waals surface area contributed by atoms with Gasteiger partial charge in [-0.3, -0.25) is 4.79 Å². The van der Waals surface area contributed by atoms with Crippen molar-refractivity contribution in [3.63, 3.8) is 0 Å². The van der Waals surface area contributed by atoms with Gasteiger partial charge in [-0.2, -0.15) is 0 Å². The summed E-state index contributed by atoms with van der Waals surface area (Å²) >= 11 is 0. The fourth-order valence-electron chi connectivity index (χ4n) is 1.38. The van der Waals surface area contributed by atoms with Crippen LogP contribution in [0.1, 0.15) is 13.8 Å². The maximum absolute atomic E-state index is 10.9. The molecule has 0 saturated carbocycles. The number of rotatable bonds is 2. The third kappa shape index (κ3) is 1.05. The maximum Gasteiger partial charge on any atom is 0.317 e. The molecule has 1 aliphatic heterocycles. The molecule has 0 aromatic carbocycles. The van der Waals surface area contributed by atoms with Gasteiger partial charge in [0.15, 0.2) is 0 Å². The Morgan fingerprint density at radius 1 is 1.91 bits per heavy atom. The second kappa shape index (κ2) is 2.34. The zero-order chi connectivity index (χ0) is 8.65. The summed E-state index contributed by atoms with van der Waals surface area (Å²) in [6.45, 7) is 6.98. The van der Waals surface area contributed by atoms with Crippen LogP contribution in [0.25, 0.3) is 0 Å². The second-order valence-corrected chi connectivity index (χ2v) is 3.17. The fourth-order valence-corrected chi connectivity index (χ4v) is 1.38. The third-order valence-electron chi connectivity index (χ3n) is 1.99. The number of esters is 1. The van der Waals surface area contributed by atoms with E-state index >= 15 is 0 Å². The molecule has 2 atom stereocenters. The zero-order valence-corrected chi connectivity index (χ0v) is 6.76. The van der Waals surface area contributed by atoms with Crippen LogP contribution >= 0.6 is 0 Å². The van der Waals surface area contributed by atoms with Gasteiger partial charge in [0.1, 0.15) is 11.5 Å². The van der Waals surface area contributed by atoms with E-state index in [1.807, 2.05) is 0 Å². The molecule has 3 nitrogen and oxygen atoms in total. The first-order valence-corrected chi connectivity index (χ1v) is 3.50. The molecular weight excluding hydrogens is 144 g/mol. The van der Waals surface area contributed by atoms with Crippen molar-refractivity contribution in [3.8, 4) is 0 Å². The molecule has 0 aliphatic carbocycles. The number of aliphatic hydroxyl groups is 1. The van der Waals surface area contributed by atoms with Crippen molar-refractivity contribution in [1.29, 1.82) is 0 Å². The van der Waals surface area contributed by atoms with Crippen LogP contribution in [0.4, 0.5) is 0 Å². The molecule has 3 heteroatoms. The molecule has 1 N–H and O–H groups in total. The highest BCUT2D eigenvalue weighted by Crippen LogP contribution is 2.37. The highest BCUT2D eigenvalue weighted by atomic mass is 16.6. The van der Waals surface area contributed by atoms with Crippen molar-refractivity contribution in [2.75, 3.05) is 6.61 Å². The first kappa shape index (κ1) is 8.27. The summed E-state index contributed by atoms with van der Waals surface area (Å²) in [4.78, 5) is 10.9. The van der Waals surface area contributed by atoms with Crippen molar-refractivity contribution in [3.05, 3.63) is 12.2 Å². The highest BCUT2D eigenvalue weighted by Gasteiger charge is 2.53.